The average Bonchev–Trinajstić information content (AvgIpc) is 2.98. The number of anilines is 1. The summed E-state index contributed by atoms with van der Waals surface area (Å²) in [6.45, 7) is 11.7. The molecule has 0 bridgehead atoms. The van der Waals surface area contributed by atoms with Gasteiger partial charge in [0.05, 0.1) is 18.5 Å². The Morgan fingerprint density at radius 3 is 2.44 bits per heavy atom. The van der Waals surface area contributed by atoms with Crippen molar-refractivity contribution in [2.24, 2.45) is 0 Å². The molecule has 0 aliphatic carbocycles. The molecular formula is C31H39N5O4S. The molecule has 9 nitrogen and oxygen atoms in total. The highest BCUT2D eigenvalue weighted by atomic mass is 32.2. The van der Waals surface area contributed by atoms with E-state index in [9.17, 15) is 13.2 Å². The van der Waals surface area contributed by atoms with Crippen molar-refractivity contribution in [3.8, 4) is 11.4 Å². The van der Waals surface area contributed by atoms with Crippen LogP contribution in [-0.2, 0) is 16.8 Å². The summed E-state index contributed by atoms with van der Waals surface area (Å²) in [7, 11) is -3.73. The number of ether oxygens (including phenoxy) is 1. The van der Waals surface area contributed by atoms with E-state index < -0.39 is 10.2 Å². The molecule has 0 unspecified atom stereocenters. The highest BCUT2D eigenvalue weighted by Crippen LogP contribution is 2.27. The number of allylic oxidation sites excluding steroid dienone is 1. The number of aryl methyl sites for hydroxylation is 1. The molecule has 4 rings (SSSR count). The maximum atomic E-state index is 13.6. The summed E-state index contributed by atoms with van der Waals surface area (Å²) in [6.07, 6.45) is 7.69. The van der Waals surface area contributed by atoms with Crippen LogP contribution in [-0.4, -0.2) is 66.1 Å². The summed E-state index contributed by atoms with van der Waals surface area (Å²) in [5.41, 5.74) is 2.82. The number of rotatable bonds is 14. The number of benzene rings is 2. The maximum Gasteiger partial charge on any atom is 0.316 e. The smallest absolute Gasteiger partial charge is 0.316 e. The van der Waals surface area contributed by atoms with Gasteiger partial charge < -0.3 is 9.64 Å². The van der Waals surface area contributed by atoms with Gasteiger partial charge in [0.2, 0.25) is 5.75 Å². The molecule has 2 aromatic carbocycles. The van der Waals surface area contributed by atoms with Crippen LogP contribution in [0.25, 0.3) is 5.69 Å². The van der Waals surface area contributed by atoms with Gasteiger partial charge in [0.1, 0.15) is 5.69 Å². The third-order valence-corrected chi connectivity index (χ3v) is 8.92. The lowest BCUT2D eigenvalue weighted by Gasteiger charge is -2.37. The molecule has 1 saturated heterocycles. The average molecular weight is 578 g/mol. The van der Waals surface area contributed by atoms with Crippen molar-refractivity contribution >= 4 is 15.9 Å². The van der Waals surface area contributed by atoms with Gasteiger partial charge in [0, 0.05) is 39.3 Å². The van der Waals surface area contributed by atoms with Gasteiger partial charge in [-0.15, -0.1) is 13.2 Å². The fraction of sp³-hybridized carbons (Fsp3) is 0.355. The van der Waals surface area contributed by atoms with E-state index in [0.29, 0.717) is 31.1 Å². The van der Waals surface area contributed by atoms with Crippen LogP contribution in [0.4, 0.5) is 5.69 Å². The van der Waals surface area contributed by atoms with E-state index in [4.69, 9.17) is 4.74 Å². The molecule has 10 heteroatoms. The van der Waals surface area contributed by atoms with E-state index in [1.165, 1.54) is 13.3 Å². The van der Waals surface area contributed by atoms with Crippen LogP contribution in [0.5, 0.6) is 5.75 Å². The van der Waals surface area contributed by atoms with Crippen LogP contribution in [0.2, 0.25) is 0 Å². The van der Waals surface area contributed by atoms with E-state index in [2.05, 4.69) is 18.3 Å². The van der Waals surface area contributed by atoms with Gasteiger partial charge in [0.25, 0.3) is 10.2 Å². The predicted octanol–water partition coefficient (Wildman–Crippen LogP) is 4.33. The van der Waals surface area contributed by atoms with E-state index in [-0.39, 0.29) is 37.5 Å². The molecule has 2 heterocycles. The molecule has 41 heavy (non-hydrogen) atoms. The van der Waals surface area contributed by atoms with Crippen molar-refractivity contribution in [3.05, 3.63) is 108 Å². The van der Waals surface area contributed by atoms with E-state index >= 15 is 0 Å². The van der Waals surface area contributed by atoms with Crippen molar-refractivity contribution in [2.45, 2.75) is 32.7 Å². The first kappa shape index (κ1) is 30.2. The molecule has 0 atom stereocenters. The second-order valence-corrected chi connectivity index (χ2v) is 11.9. The Morgan fingerprint density at radius 2 is 1.76 bits per heavy atom. The van der Waals surface area contributed by atoms with Crippen LogP contribution >= 0.6 is 0 Å². The monoisotopic (exact) mass is 577 g/mol. The van der Waals surface area contributed by atoms with E-state index in [0.717, 1.165) is 30.4 Å². The van der Waals surface area contributed by atoms with Gasteiger partial charge >= 0.3 is 5.56 Å². The Balaban J connectivity index is 1.54. The quantitative estimate of drug-likeness (QED) is 0.209. The maximum absolute atomic E-state index is 13.6. The Hall–Kier alpha value is -3.73. The minimum Gasteiger partial charge on any atom is -0.486 e. The molecule has 1 fully saturated rings. The zero-order valence-corrected chi connectivity index (χ0v) is 24.5. The zero-order valence-electron chi connectivity index (χ0n) is 23.7. The summed E-state index contributed by atoms with van der Waals surface area (Å²) in [5.74, 6) is 0.230. The third-order valence-electron chi connectivity index (χ3n) is 6.98. The number of nitrogens with zero attached hydrogens (tertiary/aromatic N) is 5. The summed E-state index contributed by atoms with van der Waals surface area (Å²) in [4.78, 5) is 15.6. The lowest BCUT2D eigenvalue weighted by molar-refractivity contribution is 0.298. The predicted molar refractivity (Wildman–Crippen MR) is 164 cm³/mol. The molecule has 0 saturated carbocycles. The highest BCUT2D eigenvalue weighted by Gasteiger charge is 2.33. The Bertz CT molecular complexity index is 1480. The Morgan fingerprint density at radius 1 is 1.00 bits per heavy atom. The second-order valence-electron chi connectivity index (χ2n) is 10.0. The van der Waals surface area contributed by atoms with E-state index in [1.54, 1.807) is 12.3 Å². The Labute approximate surface area is 243 Å². The van der Waals surface area contributed by atoms with Gasteiger partial charge in [-0.05, 0) is 49.4 Å². The topological polar surface area (TPSA) is 88.0 Å². The van der Waals surface area contributed by atoms with Crippen LogP contribution in [0.1, 0.15) is 30.4 Å². The van der Waals surface area contributed by atoms with E-state index in [1.807, 2.05) is 72.5 Å². The molecule has 218 valence electrons. The first-order chi connectivity index (χ1) is 19.8. The number of hydrogen-bond donors (Lipinski definition) is 0. The van der Waals surface area contributed by atoms with Gasteiger partial charge in [-0.2, -0.15) is 26.8 Å². The SMILES string of the molecule is C=CCCCCOc1c(N2CCN(S(=O)(=O)N(CC=C)Cc3ccccc3)CC2)cnn(-c2cccc(C)c2)c1=O. The number of unbranched alkanes of at least 4 members (excludes halogenated alkanes) is 2. The molecule has 1 aliphatic heterocycles. The van der Waals surface area contributed by atoms with Crippen molar-refractivity contribution in [1.82, 2.24) is 18.4 Å². The lowest BCUT2D eigenvalue weighted by Crippen LogP contribution is -2.53. The first-order valence-corrected chi connectivity index (χ1v) is 15.3. The van der Waals surface area contributed by atoms with Crippen molar-refractivity contribution in [3.63, 3.8) is 0 Å². The van der Waals surface area contributed by atoms with Gasteiger partial charge in [-0.1, -0.05) is 54.6 Å². The van der Waals surface area contributed by atoms with Gasteiger partial charge in [0.15, 0.2) is 0 Å². The molecule has 1 aromatic heterocycles. The molecule has 0 amide bonds. The number of aromatic nitrogens is 2. The third kappa shape index (κ3) is 7.52. The Kier molecular flexibility index (Phi) is 10.5. The normalized spacial score (nSPS) is 14.2. The number of hydrogen-bond acceptors (Lipinski definition) is 6. The highest BCUT2D eigenvalue weighted by molar-refractivity contribution is 7.86. The molecule has 0 radical (unpaired) electrons. The minimum atomic E-state index is -3.73. The molecule has 0 N–H and O–H groups in total. The van der Waals surface area contributed by atoms with Gasteiger partial charge in [-0.3, -0.25) is 4.79 Å². The van der Waals surface area contributed by atoms with Crippen molar-refractivity contribution < 1.29 is 13.2 Å². The minimum absolute atomic E-state index is 0.211. The first-order valence-electron chi connectivity index (χ1n) is 13.9. The largest absolute Gasteiger partial charge is 0.486 e. The standard InChI is InChI=1S/C31H39N5O4S/c1-4-6-7-11-22-40-30-29(24-32-36(31(30)37)28-16-12-13-26(3)23-28)33-18-20-34(21-19-33)41(38,39)35(17-5-2)25-27-14-9-8-10-15-27/h4-5,8-10,12-16,23-24H,1-2,6-7,11,17-22,25H2,3H3. The summed E-state index contributed by atoms with van der Waals surface area (Å²) >= 11 is 0. The van der Waals surface area contributed by atoms with Crippen LogP contribution < -0.4 is 15.2 Å². The van der Waals surface area contributed by atoms with Crippen molar-refractivity contribution in [2.75, 3.05) is 44.2 Å². The summed E-state index contributed by atoms with van der Waals surface area (Å²) in [5, 5.41) is 4.47. The number of piperazine rings is 1. The fourth-order valence-corrected chi connectivity index (χ4v) is 6.35. The molecule has 3 aromatic rings. The van der Waals surface area contributed by atoms with Crippen LogP contribution in [0.15, 0.2) is 90.9 Å². The molecule has 0 spiro atoms. The van der Waals surface area contributed by atoms with Crippen molar-refractivity contribution in [1.29, 1.82) is 0 Å². The summed E-state index contributed by atoms with van der Waals surface area (Å²) in [6, 6.07) is 17.1. The zero-order chi connectivity index (χ0) is 29.2. The van der Waals surface area contributed by atoms with Gasteiger partial charge in [-0.25, -0.2) is 0 Å². The molecular weight excluding hydrogens is 538 g/mol. The second kappa shape index (κ2) is 14.2. The summed E-state index contributed by atoms with van der Waals surface area (Å²) < 4.78 is 37.6. The fourth-order valence-electron chi connectivity index (χ4n) is 4.79. The van der Waals surface area contributed by atoms with Crippen LogP contribution in [0, 0.1) is 6.92 Å². The molecule has 1 aliphatic rings. The van der Waals surface area contributed by atoms with Crippen LogP contribution in [0.3, 0.4) is 0 Å². The lowest BCUT2D eigenvalue weighted by atomic mass is 10.2.